The number of nitro groups is 1. The third-order valence-corrected chi connectivity index (χ3v) is 3.78. The van der Waals surface area contributed by atoms with E-state index >= 15 is 0 Å². The number of para-hydroxylation sites is 1. The van der Waals surface area contributed by atoms with Crippen LogP contribution in [0.5, 0.6) is 0 Å². The predicted molar refractivity (Wildman–Crippen MR) is 80.1 cm³/mol. The molecule has 1 aliphatic heterocycles. The van der Waals surface area contributed by atoms with Gasteiger partial charge in [0.2, 0.25) is 5.91 Å². The van der Waals surface area contributed by atoms with Crippen LogP contribution in [0.25, 0.3) is 0 Å². The molecule has 1 atom stereocenters. The molecular formula is C14H20N4O3. The molecule has 7 nitrogen and oxygen atoms in total. The number of hydrogen-bond acceptors (Lipinski definition) is 5. The second-order valence-electron chi connectivity index (χ2n) is 5.00. The summed E-state index contributed by atoms with van der Waals surface area (Å²) in [5, 5.41) is 16.8. The Morgan fingerprint density at radius 3 is 2.90 bits per heavy atom. The number of piperazine rings is 1. The minimum Gasteiger partial charge on any atom is -0.382 e. The Bertz CT molecular complexity index is 547. The van der Waals surface area contributed by atoms with E-state index in [2.05, 4.69) is 15.5 Å². The fourth-order valence-electron chi connectivity index (χ4n) is 2.77. The smallest absolute Gasteiger partial charge is 0.292 e. The van der Waals surface area contributed by atoms with E-state index in [0.29, 0.717) is 18.8 Å². The van der Waals surface area contributed by atoms with Crippen LogP contribution in [0.3, 0.4) is 0 Å². The van der Waals surface area contributed by atoms with Gasteiger partial charge in [-0.25, -0.2) is 0 Å². The van der Waals surface area contributed by atoms with Crippen molar-refractivity contribution in [3.63, 3.8) is 0 Å². The van der Waals surface area contributed by atoms with Crippen molar-refractivity contribution in [2.75, 3.05) is 25.5 Å². The van der Waals surface area contributed by atoms with Crippen LogP contribution in [0.1, 0.15) is 18.9 Å². The number of benzene rings is 1. The highest BCUT2D eigenvalue weighted by Gasteiger charge is 2.29. The van der Waals surface area contributed by atoms with Crippen molar-refractivity contribution in [1.82, 2.24) is 10.2 Å². The second kappa shape index (κ2) is 6.53. The number of carbonyl (C=O) groups is 1. The molecule has 2 rings (SSSR count). The Morgan fingerprint density at radius 1 is 1.52 bits per heavy atom. The Kier molecular flexibility index (Phi) is 4.74. The van der Waals surface area contributed by atoms with E-state index < -0.39 is 4.92 Å². The fraction of sp³-hybridized carbons (Fsp3) is 0.500. The van der Waals surface area contributed by atoms with Crippen LogP contribution in [-0.4, -0.2) is 41.9 Å². The molecule has 0 aliphatic carbocycles. The van der Waals surface area contributed by atoms with Gasteiger partial charge in [-0.2, -0.15) is 0 Å². The summed E-state index contributed by atoms with van der Waals surface area (Å²) in [5.41, 5.74) is 1.41. The van der Waals surface area contributed by atoms with Gasteiger partial charge in [-0.15, -0.1) is 0 Å². The minimum absolute atomic E-state index is 0.0280. The molecule has 21 heavy (non-hydrogen) atoms. The van der Waals surface area contributed by atoms with Gasteiger partial charge in [0.1, 0.15) is 5.69 Å². The van der Waals surface area contributed by atoms with Crippen molar-refractivity contribution in [3.05, 3.63) is 33.9 Å². The predicted octanol–water partition coefficient (Wildman–Crippen LogP) is 1.35. The maximum atomic E-state index is 11.9. The van der Waals surface area contributed by atoms with Gasteiger partial charge in [-0.05, 0) is 12.0 Å². The van der Waals surface area contributed by atoms with Crippen LogP contribution < -0.4 is 10.6 Å². The topological polar surface area (TPSA) is 87.5 Å². The number of hydrogen-bond donors (Lipinski definition) is 2. The average molecular weight is 292 g/mol. The van der Waals surface area contributed by atoms with E-state index in [9.17, 15) is 14.9 Å². The number of nitrogens with zero attached hydrogens (tertiary/aromatic N) is 2. The summed E-state index contributed by atoms with van der Waals surface area (Å²) in [6.45, 7) is 3.84. The van der Waals surface area contributed by atoms with Gasteiger partial charge >= 0.3 is 0 Å². The molecule has 1 aliphatic rings. The largest absolute Gasteiger partial charge is 0.382 e. The quantitative estimate of drug-likeness (QED) is 0.632. The van der Waals surface area contributed by atoms with E-state index in [1.54, 1.807) is 13.1 Å². The van der Waals surface area contributed by atoms with Gasteiger partial charge in [-0.1, -0.05) is 19.1 Å². The molecule has 1 aromatic rings. The van der Waals surface area contributed by atoms with Crippen molar-refractivity contribution in [2.24, 2.45) is 0 Å². The summed E-state index contributed by atoms with van der Waals surface area (Å²) in [7, 11) is 1.67. The van der Waals surface area contributed by atoms with E-state index in [0.717, 1.165) is 18.5 Å². The molecule has 0 bridgehead atoms. The zero-order valence-corrected chi connectivity index (χ0v) is 12.3. The summed E-state index contributed by atoms with van der Waals surface area (Å²) in [5.74, 6) is 0.0280. The molecule has 1 amide bonds. The normalized spacial score (nSPS) is 19.1. The van der Waals surface area contributed by atoms with Gasteiger partial charge in [0.05, 0.1) is 11.0 Å². The molecule has 1 unspecified atom stereocenters. The van der Waals surface area contributed by atoms with Crippen molar-refractivity contribution in [3.8, 4) is 0 Å². The number of rotatable bonds is 5. The molecule has 0 aromatic heterocycles. The standard InChI is InChI=1S/C14H20N4O3/c1-3-11-14(19)16-7-8-17(11)9-10-5-4-6-12(18(20)21)13(10)15-2/h4-6,11,15H,3,7-9H2,1-2H3,(H,16,19). The van der Waals surface area contributed by atoms with E-state index in [1.165, 1.54) is 6.07 Å². The summed E-state index contributed by atoms with van der Waals surface area (Å²) < 4.78 is 0. The Balaban J connectivity index is 2.28. The maximum absolute atomic E-state index is 11.9. The number of nitro benzene ring substituents is 1. The first-order chi connectivity index (χ1) is 10.1. The van der Waals surface area contributed by atoms with E-state index in [1.807, 2.05) is 13.0 Å². The van der Waals surface area contributed by atoms with Crippen LogP contribution in [0.4, 0.5) is 11.4 Å². The first-order valence-corrected chi connectivity index (χ1v) is 7.04. The molecule has 1 heterocycles. The fourth-order valence-corrected chi connectivity index (χ4v) is 2.77. The third-order valence-electron chi connectivity index (χ3n) is 3.78. The van der Waals surface area contributed by atoms with Crippen LogP contribution in [0.2, 0.25) is 0 Å². The first-order valence-electron chi connectivity index (χ1n) is 7.04. The molecule has 1 saturated heterocycles. The minimum atomic E-state index is -0.393. The number of carbonyl (C=O) groups excluding carboxylic acids is 1. The summed E-state index contributed by atoms with van der Waals surface area (Å²) in [6, 6.07) is 4.84. The average Bonchev–Trinajstić information content (AvgIpc) is 2.47. The summed E-state index contributed by atoms with van der Waals surface area (Å²) in [6.07, 6.45) is 0.718. The highest BCUT2D eigenvalue weighted by atomic mass is 16.6. The lowest BCUT2D eigenvalue weighted by molar-refractivity contribution is -0.384. The Hall–Kier alpha value is -2.15. The Labute approximate surface area is 123 Å². The van der Waals surface area contributed by atoms with Crippen LogP contribution in [0.15, 0.2) is 18.2 Å². The highest BCUT2D eigenvalue weighted by molar-refractivity contribution is 5.82. The lowest BCUT2D eigenvalue weighted by Gasteiger charge is -2.34. The van der Waals surface area contributed by atoms with Crippen LogP contribution in [-0.2, 0) is 11.3 Å². The molecule has 0 spiro atoms. The van der Waals surface area contributed by atoms with Gasteiger partial charge in [0, 0.05) is 32.7 Å². The first kappa shape index (κ1) is 15.2. The lowest BCUT2D eigenvalue weighted by Crippen LogP contribution is -2.54. The number of amides is 1. The van der Waals surface area contributed by atoms with Crippen molar-refractivity contribution < 1.29 is 9.72 Å². The Morgan fingerprint density at radius 2 is 2.29 bits per heavy atom. The number of anilines is 1. The zero-order chi connectivity index (χ0) is 15.4. The van der Waals surface area contributed by atoms with Gasteiger partial charge in [0.25, 0.3) is 5.69 Å². The maximum Gasteiger partial charge on any atom is 0.292 e. The van der Waals surface area contributed by atoms with E-state index in [-0.39, 0.29) is 17.6 Å². The summed E-state index contributed by atoms with van der Waals surface area (Å²) >= 11 is 0. The van der Waals surface area contributed by atoms with Gasteiger partial charge in [0.15, 0.2) is 0 Å². The molecule has 1 aromatic carbocycles. The number of nitrogens with one attached hydrogen (secondary N) is 2. The summed E-state index contributed by atoms with van der Waals surface area (Å²) in [4.78, 5) is 24.6. The SMILES string of the molecule is CCC1C(=O)NCCN1Cc1cccc([N+](=O)[O-])c1NC. The van der Waals surface area contributed by atoms with Gasteiger partial charge < -0.3 is 10.6 Å². The van der Waals surface area contributed by atoms with Gasteiger partial charge in [-0.3, -0.25) is 19.8 Å². The van der Waals surface area contributed by atoms with Crippen molar-refractivity contribution in [2.45, 2.75) is 25.9 Å². The lowest BCUT2D eigenvalue weighted by atomic mass is 10.1. The molecule has 0 saturated carbocycles. The monoisotopic (exact) mass is 292 g/mol. The highest BCUT2D eigenvalue weighted by Crippen LogP contribution is 2.29. The zero-order valence-electron chi connectivity index (χ0n) is 12.3. The molecule has 114 valence electrons. The molecule has 2 N–H and O–H groups in total. The second-order valence-corrected chi connectivity index (χ2v) is 5.00. The third kappa shape index (κ3) is 3.13. The van der Waals surface area contributed by atoms with Crippen LogP contribution >= 0.6 is 0 Å². The molecule has 7 heteroatoms. The molecule has 0 radical (unpaired) electrons. The van der Waals surface area contributed by atoms with Crippen molar-refractivity contribution in [1.29, 1.82) is 0 Å². The molecular weight excluding hydrogens is 272 g/mol. The van der Waals surface area contributed by atoms with Crippen LogP contribution in [0, 0.1) is 10.1 Å². The molecule has 1 fully saturated rings. The van der Waals surface area contributed by atoms with Crippen molar-refractivity contribution >= 4 is 17.3 Å². The van der Waals surface area contributed by atoms with E-state index in [4.69, 9.17) is 0 Å².